The van der Waals surface area contributed by atoms with Gasteiger partial charge in [0.15, 0.2) is 0 Å². The lowest BCUT2D eigenvalue weighted by atomic mass is 9.77. The molecule has 3 heteroatoms. The van der Waals surface area contributed by atoms with Gasteiger partial charge < -0.3 is 9.84 Å². The monoisotopic (exact) mass is 242 g/mol. The Morgan fingerprint density at radius 3 is 2.47 bits per heavy atom. The van der Waals surface area contributed by atoms with E-state index in [4.69, 9.17) is 4.74 Å². The Bertz CT molecular complexity index is 242. The van der Waals surface area contributed by atoms with Crippen molar-refractivity contribution in [1.29, 1.82) is 0 Å². The van der Waals surface area contributed by atoms with Crippen LogP contribution in [-0.2, 0) is 9.53 Å². The van der Waals surface area contributed by atoms with Crippen LogP contribution in [0.2, 0.25) is 0 Å². The first-order valence-electron chi connectivity index (χ1n) is 6.83. The van der Waals surface area contributed by atoms with Gasteiger partial charge in [-0.3, -0.25) is 4.79 Å². The number of esters is 1. The molecular weight excluding hydrogens is 216 g/mol. The number of ether oxygens (including phenoxy) is 1. The van der Waals surface area contributed by atoms with E-state index in [0.29, 0.717) is 12.5 Å². The van der Waals surface area contributed by atoms with Crippen LogP contribution in [0.5, 0.6) is 0 Å². The normalized spacial score (nSPS) is 20.0. The van der Waals surface area contributed by atoms with Crippen LogP contribution in [0.3, 0.4) is 0 Å². The number of carbonyl (C=O) groups excluding carboxylic acids is 1. The second-order valence-electron chi connectivity index (χ2n) is 5.70. The first-order chi connectivity index (χ1) is 7.98. The second-order valence-corrected chi connectivity index (χ2v) is 5.70. The van der Waals surface area contributed by atoms with Gasteiger partial charge in [0.1, 0.15) is 0 Å². The molecular formula is C14H26O3. The molecule has 1 fully saturated rings. The molecule has 0 aromatic heterocycles. The van der Waals surface area contributed by atoms with Crippen LogP contribution in [0.4, 0.5) is 0 Å². The first kappa shape index (κ1) is 14.5. The van der Waals surface area contributed by atoms with Crippen molar-refractivity contribution in [3.63, 3.8) is 0 Å². The van der Waals surface area contributed by atoms with Gasteiger partial charge in [-0.25, -0.2) is 0 Å². The van der Waals surface area contributed by atoms with Gasteiger partial charge in [0.25, 0.3) is 0 Å². The van der Waals surface area contributed by atoms with Crippen LogP contribution < -0.4 is 0 Å². The fraction of sp³-hybridized carbons (Fsp3) is 0.929. The highest BCUT2D eigenvalue weighted by atomic mass is 16.5. The van der Waals surface area contributed by atoms with Gasteiger partial charge in [-0.1, -0.05) is 32.1 Å². The van der Waals surface area contributed by atoms with E-state index in [2.05, 4.69) is 0 Å². The van der Waals surface area contributed by atoms with Crippen molar-refractivity contribution in [2.24, 2.45) is 11.3 Å². The van der Waals surface area contributed by atoms with Gasteiger partial charge in [-0.2, -0.15) is 0 Å². The molecule has 1 aliphatic carbocycles. The van der Waals surface area contributed by atoms with Gasteiger partial charge in [0.05, 0.1) is 18.1 Å². The number of aliphatic hydroxyl groups is 1. The standard InChI is InChI=1S/C14H26O3/c1-4-17-13(16)14(2,3)12(15)10-11-8-6-5-7-9-11/h11-12,15H,4-10H2,1-3H3. The molecule has 0 aliphatic heterocycles. The third-order valence-corrected chi connectivity index (χ3v) is 3.92. The summed E-state index contributed by atoms with van der Waals surface area (Å²) in [6.07, 6.45) is 6.35. The molecule has 0 radical (unpaired) electrons. The topological polar surface area (TPSA) is 46.5 Å². The van der Waals surface area contributed by atoms with Gasteiger partial charge in [-0.05, 0) is 33.1 Å². The van der Waals surface area contributed by atoms with Crippen LogP contribution in [0.1, 0.15) is 59.3 Å². The third kappa shape index (κ3) is 3.98. The zero-order valence-electron chi connectivity index (χ0n) is 11.4. The van der Waals surface area contributed by atoms with E-state index < -0.39 is 11.5 Å². The van der Waals surface area contributed by atoms with E-state index in [1.54, 1.807) is 20.8 Å². The molecule has 0 aromatic rings. The summed E-state index contributed by atoms with van der Waals surface area (Å²) in [5, 5.41) is 10.2. The van der Waals surface area contributed by atoms with Crippen molar-refractivity contribution < 1.29 is 14.6 Å². The van der Waals surface area contributed by atoms with Gasteiger partial charge in [0.2, 0.25) is 0 Å². The Balaban J connectivity index is 2.48. The molecule has 0 spiro atoms. The van der Waals surface area contributed by atoms with Crippen LogP contribution in [-0.4, -0.2) is 23.8 Å². The average molecular weight is 242 g/mol. The number of hydrogen-bond acceptors (Lipinski definition) is 3. The molecule has 0 saturated heterocycles. The van der Waals surface area contributed by atoms with Gasteiger partial charge >= 0.3 is 5.97 Å². The molecule has 1 aliphatic rings. The Hall–Kier alpha value is -0.570. The minimum atomic E-state index is -0.784. The SMILES string of the molecule is CCOC(=O)C(C)(C)C(O)CC1CCCCC1. The van der Waals surface area contributed by atoms with Crippen molar-refractivity contribution in [2.45, 2.75) is 65.4 Å². The minimum Gasteiger partial charge on any atom is -0.466 e. The summed E-state index contributed by atoms with van der Waals surface area (Å²) < 4.78 is 5.02. The van der Waals surface area contributed by atoms with Crippen molar-refractivity contribution in [3.8, 4) is 0 Å². The Morgan fingerprint density at radius 2 is 1.94 bits per heavy atom. The predicted octanol–water partition coefficient (Wildman–Crippen LogP) is 2.91. The molecule has 0 amide bonds. The van der Waals surface area contributed by atoms with Crippen LogP contribution >= 0.6 is 0 Å². The zero-order chi connectivity index (χ0) is 12.9. The fourth-order valence-corrected chi connectivity index (χ4v) is 2.49. The maximum absolute atomic E-state index is 11.8. The summed E-state index contributed by atoms with van der Waals surface area (Å²) in [6, 6.07) is 0. The maximum Gasteiger partial charge on any atom is 0.314 e. The smallest absolute Gasteiger partial charge is 0.314 e. The zero-order valence-corrected chi connectivity index (χ0v) is 11.4. The highest BCUT2D eigenvalue weighted by Gasteiger charge is 2.38. The molecule has 1 saturated carbocycles. The van der Waals surface area contributed by atoms with Crippen LogP contribution in [0.25, 0.3) is 0 Å². The molecule has 100 valence electrons. The number of hydrogen-bond donors (Lipinski definition) is 1. The highest BCUT2D eigenvalue weighted by Crippen LogP contribution is 2.33. The van der Waals surface area contributed by atoms with E-state index in [9.17, 15) is 9.90 Å². The first-order valence-corrected chi connectivity index (χ1v) is 6.83. The molecule has 3 nitrogen and oxygen atoms in total. The molecule has 0 bridgehead atoms. The Morgan fingerprint density at radius 1 is 1.35 bits per heavy atom. The fourth-order valence-electron chi connectivity index (χ4n) is 2.49. The lowest BCUT2D eigenvalue weighted by Crippen LogP contribution is -2.39. The summed E-state index contributed by atoms with van der Waals surface area (Å²) in [7, 11) is 0. The van der Waals surface area contributed by atoms with E-state index in [0.717, 1.165) is 6.42 Å². The summed E-state index contributed by atoms with van der Waals surface area (Å²) in [5.74, 6) is 0.288. The molecule has 0 heterocycles. The summed E-state index contributed by atoms with van der Waals surface area (Å²) in [4.78, 5) is 11.8. The van der Waals surface area contributed by atoms with Gasteiger partial charge in [0, 0.05) is 0 Å². The molecule has 1 unspecified atom stereocenters. The summed E-state index contributed by atoms with van der Waals surface area (Å²) >= 11 is 0. The van der Waals surface area contributed by atoms with Crippen molar-refractivity contribution in [3.05, 3.63) is 0 Å². The molecule has 1 atom stereocenters. The lowest BCUT2D eigenvalue weighted by Gasteiger charge is -2.32. The largest absolute Gasteiger partial charge is 0.466 e. The average Bonchev–Trinajstić information content (AvgIpc) is 2.30. The minimum absolute atomic E-state index is 0.289. The van der Waals surface area contributed by atoms with E-state index >= 15 is 0 Å². The van der Waals surface area contributed by atoms with Gasteiger partial charge in [-0.15, -0.1) is 0 Å². The predicted molar refractivity (Wildman–Crippen MR) is 67.6 cm³/mol. The Kier molecular flexibility index (Phi) is 5.44. The van der Waals surface area contributed by atoms with Crippen molar-refractivity contribution >= 4 is 5.97 Å². The number of aliphatic hydroxyl groups excluding tert-OH is 1. The van der Waals surface area contributed by atoms with E-state index in [1.165, 1.54) is 32.1 Å². The molecule has 1 rings (SSSR count). The van der Waals surface area contributed by atoms with E-state index in [-0.39, 0.29) is 5.97 Å². The second kappa shape index (κ2) is 6.39. The van der Waals surface area contributed by atoms with Crippen molar-refractivity contribution in [1.82, 2.24) is 0 Å². The quantitative estimate of drug-likeness (QED) is 0.754. The van der Waals surface area contributed by atoms with E-state index in [1.807, 2.05) is 0 Å². The highest BCUT2D eigenvalue weighted by molar-refractivity contribution is 5.76. The summed E-state index contributed by atoms with van der Waals surface area (Å²) in [6.45, 7) is 5.72. The Labute approximate surface area is 105 Å². The molecule has 0 aromatic carbocycles. The molecule has 1 N–H and O–H groups in total. The number of carbonyl (C=O) groups is 1. The third-order valence-electron chi connectivity index (χ3n) is 3.92. The molecule has 17 heavy (non-hydrogen) atoms. The summed E-state index contributed by atoms with van der Waals surface area (Å²) in [5.41, 5.74) is -0.784. The lowest BCUT2D eigenvalue weighted by molar-refractivity contribution is -0.160. The van der Waals surface area contributed by atoms with Crippen LogP contribution in [0.15, 0.2) is 0 Å². The van der Waals surface area contributed by atoms with Crippen molar-refractivity contribution in [2.75, 3.05) is 6.61 Å². The maximum atomic E-state index is 11.8. The number of rotatable bonds is 5. The van der Waals surface area contributed by atoms with Crippen LogP contribution in [0, 0.1) is 11.3 Å².